The number of anilines is 1. The Kier molecular flexibility index (Phi) is 3.48. The van der Waals surface area contributed by atoms with Gasteiger partial charge in [0.15, 0.2) is 0 Å². The summed E-state index contributed by atoms with van der Waals surface area (Å²) in [7, 11) is 0. The van der Waals surface area contributed by atoms with E-state index >= 15 is 0 Å². The predicted octanol–water partition coefficient (Wildman–Crippen LogP) is 2.64. The number of benzene rings is 1. The lowest BCUT2D eigenvalue weighted by Gasteiger charge is -2.05. The number of aliphatic hydroxyl groups is 1. The van der Waals surface area contributed by atoms with Crippen LogP contribution in [0.2, 0.25) is 0 Å². The molecular formula is C14H15NO3. The van der Waals surface area contributed by atoms with Crippen molar-refractivity contribution in [3.05, 3.63) is 53.0 Å². The van der Waals surface area contributed by atoms with Crippen LogP contribution in [0.25, 0.3) is 0 Å². The minimum atomic E-state index is -0.209. The largest absolute Gasteiger partial charge is 0.466 e. The molecular weight excluding hydrogens is 230 g/mol. The maximum absolute atomic E-state index is 12.0. The quantitative estimate of drug-likeness (QED) is 0.873. The molecule has 0 atom stereocenters. The third-order valence-electron chi connectivity index (χ3n) is 2.65. The maximum atomic E-state index is 12.0. The molecule has 0 aliphatic heterocycles. The zero-order valence-electron chi connectivity index (χ0n) is 10.4. The van der Waals surface area contributed by atoms with Gasteiger partial charge < -0.3 is 14.8 Å². The number of carbonyl (C=O) groups is 1. The van der Waals surface area contributed by atoms with Crippen LogP contribution in [0.5, 0.6) is 0 Å². The van der Waals surface area contributed by atoms with Crippen LogP contribution in [0.3, 0.4) is 0 Å². The van der Waals surface area contributed by atoms with Gasteiger partial charge in [-0.3, -0.25) is 4.79 Å². The van der Waals surface area contributed by atoms with Gasteiger partial charge in [0.05, 0.1) is 12.2 Å². The van der Waals surface area contributed by atoms with E-state index < -0.39 is 0 Å². The predicted molar refractivity (Wildman–Crippen MR) is 68.5 cm³/mol. The second-order valence-electron chi connectivity index (χ2n) is 4.14. The van der Waals surface area contributed by atoms with E-state index in [1.165, 1.54) is 0 Å². The number of amides is 1. The van der Waals surface area contributed by atoms with Gasteiger partial charge in [-0.25, -0.2) is 0 Å². The summed E-state index contributed by atoms with van der Waals surface area (Å²) in [5, 5.41) is 11.8. The van der Waals surface area contributed by atoms with E-state index in [1.54, 1.807) is 44.2 Å². The van der Waals surface area contributed by atoms with Crippen molar-refractivity contribution in [2.45, 2.75) is 20.5 Å². The average Bonchev–Trinajstić information content (AvgIpc) is 2.69. The highest BCUT2D eigenvalue weighted by atomic mass is 16.3. The van der Waals surface area contributed by atoms with Gasteiger partial charge in [-0.2, -0.15) is 0 Å². The monoisotopic (exact) mass is 245 g/mol. The van der Waals surface area contributed by atoms with Crippen LogP contribution in [-0.2, 0) is 6.61 Å². The maximum Gasteiger partial charge on any atom is 0.259 e. The molecule has 0 radical (unpaired) electrons. The SMILES string of the molecule is Cc1cc(C(=O)Nc2cccc(CO)c2)c(C)o1. The molecule has 2 rings (SSSR count). The summed E-state index contributed by atoms with van der Waals surface area (Å²) in [6.45, 7) is 3.51. The Hall–Kier alpha value is -2.07. The van der Waals surface area contributed by atoms with Crippen LogP contribution in [0.1, 0.15) is 27.4 Å². The van der Waals surface area contributed by atoms with Crippen LogP contribution in [-0.4, -0.2) is 11.0 Å². The number of furan rings is 1. The number of nitrogens with one attached hydrogen (secondary N) is 1. The van der Waals surface area contributed by atoms with Crippen molar-refractivity contribution < 1.29 is 14.3 Å². The fourth-order valence-electron chi connectivity index (χ4n) is 1.80. The molecule has 1 amide bonds. The van der Waals surface area contributed by atoms with E-state index in [0.29, 0.717) is 22.8 Å². The fraction of sp³-hybridized carbons (Fsp3) is 0.214. The van der Waals surface area contributed by atoms with E-state index in [-0.39, 0.29) is 12.5 Å². The van der Waals surface area contributed by atoms with E-state index in [4.69, 9.17) is 9.52 Å². The molecule has 4 heteroatoms. The second-order valence-corrected chi connectivity index (χ2v) is 4.14. The van der Waals surface area contributed by atoms with Crippen molar-refractivity contribution in [2.75, 3.05) is 5.32 Å². The zero-order valence-corrected chi connectivity index (χ0v) is 10.4. The molecule has 4 nitrogen and oxygen atoms in total. The van der Waals surface area contributed by atoms with E-state index in [1.807, 2.05) is 0 Å². The highest BCUT2D eigenvalue weighted by Gasteiger charge is 2.13. The Morgan fingerprint density at radius 1 is 1.33 bits per heavy atom. The number of hydrogen-bond acceptors (Lipinski definition) is 3. The topological polar surface area (TPSA) is 62.5 Å². The van der Waals surface area contributed by atoms with Gasteiger partial charge in [0.2, 0.25) is 0 Å². The molecule has 0 saturated carbocycles. The Labute approximate surface area is 105 Å². The first-order chi connectivity index (χ1) is 8.60. The Morgan fingerprint density at radius 2 is 2.11 bits per heavy atom. The molecule has 1 aromatic heterocycles. The van der Waals surface area contributed by atoms with Gasteiger partial charge in [0, 0.05) is 5.69 Å². The first kappa shape index (κ1) is 12.4. The number of rotatable bonds is 3. The Morgan fingerprint density at radius 3 is 2.72 bits per heavy atom. The summed E-state index contributed by atoms with van der Waals surface area (Å²) in [4.78, 5) is 12.0. The lowest BCUT2D eigenvalue weighted by molar-refractivity contribution is 0.102. The summed E-state index contributed by atoms with van der Waals surface area (Å²) in [6.07, 6.45) is 0. The van der Waals surface area contributed by atoms with Crippen molar-refractivity contribution in [2.24, 2.45) is 0 Å². The third kappa shape index (κ3) is 2.60. The van der Waals surface area contributed by atoms with Gasteiger partial charge in [0.1, 0.15) is 11.5 Å². The second kappa shape index (κ2) is 5.06. The highest BCUT2D eigenvalue weighted by Crippen LogP contribution is 2.17. The van der Waals surface area contributed by atoms with Crippen LogP contribution in [0.15, 0.2) is 34.7 Å². The molecule has 18 heavy (non-hydrogen) atoms. The van der Waals surface area contributed by atoms with Crippen LogP contribution in [0.4, 0.5) is 5.69 Å². The molecule has 0 unspecified atom stereocenters. The molecule has 0 aliphatic rings. The van der Waals surface area contributed by atoms with Crippen LogP contribution < -0.4 is 5.32 Å². The lowest BCUT2D eigenvalue weighted by atomic mass is 10.2. The molecule has 2 aromatic rings. The van der Waals surface area contributed by atoms with Crippen molar-refractivity contribution in [3.63, 3.8) is 0 Å². The molecule has 0 fully saturated rings. The minimum absolute atomic E-state index is 0.0481. The smallest absolute Gasteiger partial charge is 0.259 e. The Balaban J connectivity index is 2.18. The third-order valence-corrected chi connectivity index (χ3v) is 2.65. The molecule has 2 N–H and O–H groups in total. The van der Waals surface area contributed by atoms with Crippen molar-refractivity contribution in [3.8, 4) is 0 Å². The van der Waals surface area contributed by atoms with Crippen LogP contribution in [0, 0.1) is 13.8 Å². The molecule has 0 bridgehead atoms. The standard InChI is InChI=1S/C14H15NO3/c1-9-6-13(10(2)18-9)14(17)15-12-5-3-4-11(7-12)8-16/h3-7,16H,8H2,1-2H3,(H,15,17). The lowest BCUT2D eigenvalue weighted by Crippen LogP contribution is -2.12. The van der Waals surface area contributed by atoms with Crippen molar-refractivity contribution in [1.29, 1.82) is 0 Å². The number of carbonyl (C=O) groups excluding carboxylic acids is 1. The summed E-state index contributed by atoms with van der Waals surface area (Å²) in [5.41, 5.74) is 1.94. The van der Waals surface area contributed by atoms with Gasteiger partial charge in [-0.05, 0) is 37.6 Å². The minimum Gasteiger partial charge on any atom is -0.466 e. The van der Waals surface area contributed by atoms with Gasteiger partial charge in [0.25, 0.3) is 5.91 Å². The van der Waals surface area contributed by atoms with Crippen molar-refractivity contribution >= 4 is 11.6 Å². The normalized spacial score (nSPS) is 10.4. The average molecular weight is 245 g/mol. The number of aliphatic hydroxyl groups excluding tert-OH is 1. The van der Waals surface area contributed by atoms with E-state index in [9.17, 15) is 4.79 Å². The van der Waals surface area contributed by atoms with Crippen molar-refractivity contribution in [1.82, 2.24) is 0 Å². The van der Waals surface area contributed by atoms with Gasteiger partial charge >= 0.3 is 0 Å². The summed E-state index contributed by atoms with van der Waals surface area (Å²) < 4.78 is 5.32. The first-order valence-electron chi connectivity index (χ1n) is 5.68. The Bertz CT molecular complexity index is 572. The molecule has 1 heterocycles. The van der Waals surface area contributed by atoms with Gasteiger partial charge in [-0.15, -0.1) is 0 Å². The van der Waals surface area contributed by atoms with Crippen LogP contribution >= 0.6 is 0 Å². The zero-order chi connectivity index (χ0) is 13.1. The molecule has 0 spiro atoms. The summed E-state index contributed by atoms with van der Waals surface area (Å²) in [6, 6.07) is 8.80. The fourth-order valence-corrected chi connectivity index (χ4v) is 1.80. The molecule has 1 aromatic carbocycles. The number of hydrogen-bond donors (Lipinski definition) is 2. The molecule has 94 valence electrons. The highest BCUT2D eigenvalue weighted by molar-refractivity contribution is 6.05. The number of aryl methyl sites for hydroxylation is 2. The first-order valence-corrected chi connectivity index (χ1v) is 5.68. The van der Waals surface area contributed by atoms with E-state index in [2.05, 4.69) is 5.32 Å². The molecule has 0 saturated heterocycles. The van der Waals surface area contributed by atoms with E-state index in [0.717, 1.165) is 5.56 Å². The molecule has 0 aliphatic carbocycles. The van der Waals surface area contributed by atoms with Gasteiger partial charge in [-0.1, -0.05) is 12.1 Å². The summed E-state index contributed by atoms with van der Waals surface area (Å²) in [5.74, 6) is 1.10. The summed E-state index contributed by atoms with van der Waals surface area (Å²) >= 11 is 0.